The summed E-state index contributed by atoms with van der Waals surface area (Å²) >= 11 is 0. The van der Waals surface area contributed by atoms with Crippen LogP contribution in [-0.4, -0.2) is 27.0 Å². The third-order valence-corrected chi connectivity index (χ3v) is 3.94. The zero-order valence-electron chi connectivity index (χ0n) is 11.4. The van der Waals surface area contributed by atoms with Crippen LogP contribution in [0.4, 0.5) is 0 Å². The third kappa shape index (κ3) is 2.76. The molecule has 0 radical (unpaired) electrons. The van der Waals surface area contributed by atoms with Gasteiger partial charge in [-0.05, 0) is 25.0 Å². The normalized spacial score (nSPS) is 16.2. The number of hydrogen-bond acceptors (Lipinski definition) is 3. The van der Waals surface area contributed by atoms with E-state index in [4.69, 9.17) is 4.42 Å². The van der Waals surface area contributed by atoms with Crippen LogP contribution in [0.5, 0.6) is 0 Å². The summed E-state index contributed by atoms with van der Waals surface area (Å²) in [5.41, 5.74) is 1.59. The number of rotatable bonds is 4. The lowest BCUT2D eigenvalue weighted by Crippen LogP contribution is -2.41. The van der Waals surface area contributed by atoms with Gasteiger partial charge in [-0.25, -0.2) is 0 Å². The van der Waals surface area contributed by atoms with Crippen LogP contribution in [0.3, 0.4) is 0 Å². The highest BCUT2D eigenvalue weighted by Gasteiger charge is 2.27. The summed E-state index contributed by atoms with van der Waals surface area (Å²) in [7, 11) is 0. The Balaban J connectivity index is 1.80. The van der Waals surface area contributed by atoms with E-state index in [-0.39, 0.29) is 5.91 Å². The maximum absolute atomic E-state index is 12.7. The van der Waals surface area contributed by atoms with Gasteiger partial charge in [-0.1, -0.05) is 19.3 Å². The Hall–Kier alpha value is -2.04. The van der Waals surface area contributed by atoms with Gasteiger partial charge < -0.3 is 9.32 Å². The largest absolute Gasteiger partial charge is 0.472 e. The molecular weight excluding hydrogens is 254 g/mol. The molecule has 1 N–H and O–H groups in total. The van der Waals surface area contributed by atoms with E-state index in [1.807, 2.05) is 11.0 Å². The maximum atomic E-state index is 12.7. The first-order chi connectivity index (χ1) is 9.84. The molecule has 2 heterocycles. The molecule has 3 rings (SSSR count). The molecule has 2 aromatic heterocycles. The number of H-pyrrole nitrogens is 1. The van der Waals surface area contributed by atoms with Gasteiger partial charge in [0.05, 0.1) is 12.5 Å². The first kappa shape index (κ1) is 13.0. The SMILES string of the molecule is O=C(c1ccn[nH]1)N(Cc1ccoc1)C1CCCCC1. The van der Waals surface area contributed by atoms with E-state index in [1.54, 1.807) is 24.8 Å². The Morgan fingerprint density at radius 3 is 2.85 bits per heavy atom. The monoisotopic (exact) mass is 273 g/mol. The average Bonchev–Trinajstić information content (AvgIpc) is 3.18. The van der Waals surface area contributed by atoms with Gasteiger partial charge in [0.2, 0.25) is 0 Å². The number of carbonyl (C=O) groups is 1. The van der Waals surface area contributed by atoms with Gasteiger partial charge in [0.25, 0.3) is 5.91 Å². The van der Waals surface area contributed by atoms with E-state index in [9.17, 15) is 4.79 Å². The van der Waals surface area contributed by atoms with Crippen molar-refractivity contribution in [3.63, 3.8) is 0 Å². The van der Waals surface area contributed by atoms with E-state index in [0.717, 1.165) is 18.4 Å². The summed E-state index contributed by atoms with van der Waals surface area (Å²) in [5, 5.41) is 6.65. The molecule has 5 nitrogen and oxygen atoms in total. The molecule has 0 saturated heterocycles. The molecule has 2 aromatic rings. The first-order valence-electron chi connectivity index (χ1n) is 7.16. The molecule has 0 unspecified atom stereocenters. The van der Waals surface area contributed by atoms with E-state index in [2.05, 4.69) is 10.2 Å². The van der Waals surface area contributed by atoms with Crippen molar-refractivity contribution in [1.82, 2.24) is 15.1 Å². The first-order valence-corrected chi connectivity index (χ1v) is 7.16. The second-order valence-corrected chi connectivity index (χ2v) is 5.33. The highest BCUT2D eigenvalue weighted by molar-refractivity contribution is 5.92. The van der Waals surface area contributed by atoms with Crippen LogP contribution >= 0.6 is 0 Å². The fourth-order valence-electron chi connectivity index (χ4n) is 2.87. The average molecular weight is 273 g/mol. The fraction of sp³-hybridized carbons (Fsp3) is 0.467. The molecule has 5 heteroatoms. The number of aromatic nitrogens is 2. The summed E-state index contributed by atoms with van der Waals surface area (Å²) in [6, 6.07) is 3.96. The number of nitrogens with one attached hydrogen (secondary N) is 1. The van der Waals surface area contributed by atoms with Crippen LogP contribution in [0.1, 0.15) is 48.2 Å². The van der Waals surface area contributed by atoms with E-state index >= 15 is 0 Å². The van der Waals surface area contributed by atoms with Crippen molar-refractivity contribution in [1.29, 1.82) is 0 Å². The van der Waals surface area contributed by atoms with Gasteiger partial charge in [0.1, 0.15) is 5.69 Å². The quantitative estimate of drug-likeness (QED) is 0.931. The Bertz CT molecular complexity index is 527. The zero-order chi connectivity index (χ0) is 13.8. The molecule has 1 saturated carbocycles. The fourth-order valence-corrected chi connectivity index (χ4v) is 2.87. The van der Waals surface area contributed by atoms with E-state index in [1.165, 1.54) is 19.3 Å². The molecule has 0 aromatic carbocycles. The van der Waals surface area contributed by atoms with Crippen LogP contribution in [0, 0.1) is 0 Å². The molecule has 0 bridgehead atoms. The Labute approximate surface area is 118 Å². The topological polar surface area (TPSA) is 62.1 Å². The lowest BCUT2D eigenvalue weighted by molar-refractivity contribution is 0.0607. The predicted octanol–water partition coefficient (Wildman–Crippen LogP) is 2.98. The number of furan rings is 1. The minimum atomic E-state index is 0.0237. The highest BCUT2D eigenvalue weighted by Crippen LogP contribution is 2.25. The number of amides is 1. The van der Waals surface area contributed by atoms with Crippen molar-refractivity contribution < 1.29 is 9.21 Å². The molecule has 0 atom stereocenters. The molecule has 1 aliphatic carbocycles. The number of carbonyl (C=O) groups excluding carboxylic acids is 1. The second-order valence-electron chi connectivity index (χ2n) is 5.33. The summed E-state index contributed by atoms with van der Waals surface area (Å²) in [5.74, 6) is 0.0237. The summed E-state index contributed by atoms with van der Waals surface area (Å²) in [6.07, 6.45) is 10.8. The van der Waals surface area contributed by atoms with Crippen LogP contribution in [0.2, 0.25) is 0 Å². The van der Waals surface area contributed by atoms with Gasteiger partial charge in [0.15, 0.2) is 0 Å². The van der Waals surface area contributed by atoms with Gasteiger partial charge in [-0.2, -0.15) is 5.10 Å². The minimum Gasteiger partial charge on any atom is -0.472 e. The standard InChI is InChI=1S/C15H19N3O2/c19-15(14-6-8-16-17-14)18(10-12-7-9-20-11-12)13-4-2-1-3-5-13/h6-9,11,13H,1-5,10H2,(H,16,17). The maximum Gasteiger partial charge on any atom is 0.272 e. The molecule has 0 aliphatic heterocycles. The summed E-state index contributed by atoms with van der Waals surface area (Å²) < 4.78 is 5.12. The van der Waals surface area contributed by atoms with Crippen molar-refractivity contribution in [3.05, 3.63) is 42.1 Å². The molecule has 20 heavy (non-hydrogen) atoms. The molecule has 1 fully saturated rings. The Kier molecular flexibility index (Phi) is 3.85. The van der Waals surface area contributed by atoms with Gasteiger partial charge >= 0.3 is 0 Å². The lowest BCUT2D eigenvalue weighted by Gasteiger charge is -2.33. The smallest absolute Gasteiger partial charge is 0.272 e. The summed E-state index contributed by atoms with van der Waals surface area (Å²) in [6.45, 7) is 0.596. The Morgan fingerprint density at radius 2 is 2.20 bits per heavy atom. The Morgan fingerprint density at radius 1 is 1.35 bits per heavy atom. The van der Waals surface area contributed by atoms with Gasteiger partial charge in [-0.3, -0.25) is 9.89 Å². The van der Waals surface area contributed by atoms with Crippen LogP contribution in [0.25, 0.3) is 0 Å². The van der Waals surface area contributed by atoms with E-state index in [0.29, 0.717) is 18.3 Å². The van der Waals surface area contributed by atoms with Crippen molar-refractivity contribution in [2.75, 3.05) is 0 Å². The van der Waals surface area contributed by atoms with Crippen molar-refractivity contribution in [3.8, 4) is 0 Å². The van der Waals surface area contributed by atoms with Gasteiger partial charge in [-0.15, -0.1) is 0 Å². The van der Waals surface area contributed by atoms with E-state index < -0.39 is 0 Å². The predicted molar refractivity (Wildman–Crippen MR) is 74.0 cm³/mol. The van der Waals surface area contributed by atoms with Crippen LogP contribution < -0.4 is 0 Å². The molecular formula is C15H19N3O2. The molecule has 106 valence electrons. The molecule has 0 spiro atoms. The lowest BCUT2D eigenvalue weighted by atomic mass is 9.93. The van der Waals surface area contributed by atoms with Crippen molar-refractivity contribution in [2.24, 2.45) is 0 Å². The zero-order valence-corrected chi connectivity index (χ0v) is 11.4. The summed E-state index contributed by atoms with van der Waals surface area (Å²) in [4.78, 5) is 14.6. The van der Waals surface area contributed by atoms with Crippen LogP contribution in [0.15, 0.2) is 35.3 Å². The van der Waals surface area contributed by atoms with Crippen molar-refractivity contribution in [2.45, 2.75) is 44.7 Å². The molecule has 1 amide bonds. The molecule has 1 aliphatic rings. The third-order valence-electron chi connectivity index (χ3n) is 3.94. The van der Waals surface area contributed by atoms with Crippen molar-refractivity contribution >= 4 is 5.91 Å². The number of nitrogens with zero attached hydrogens (tertiary/aromatic N) is 2. The van der Waals surface area contributed by atoms with Crippen LogP contribution in [-0.2, 0) is 6.54 Å². The minimum absolute atomic E-state index is 0.0237. The number of aromatic amines is 1. The highest BCUT2D eigenvalue weighted by atomic mass is 16.3. The second kappa shape index (κ2) is 5.94. The number of hydrogen-bond donors (Lipinski definition) is 1. The van der Waals surface area contributed by atoms with Gasteiger partial charge in [0, 0.05) is 24.3 Å².